The number of hydrogen-bond donors (Lipinski definition) is 1. The number of rotatable bonds is 4. The Morgan fingerprint density at radius 3 is 2.03 bits per heavy atom. The maximum atomic E-state index is 12.6. The number of anilines is 1. The van der Waals surface area contributed by atoms with Crippen LogP contribution in [0.25, 0.3) is 22.4 Å². The molecule has 150 valence electrons. The van der Waals surface area contributed by atoms with Crippen molar-refractivity contribution < 1.29 is 4.79 Å². The number of benzene rings is 3. The van der Waals surface area contributed by atoms with Crippen LogP contribution in [0.1, 0.15) is 36.7 Å². The molecule has 4 aromatic rings. The monoisotopic (exact) mass is 412 g/mol. The van der Waals surface area contributed by atoms with Gasteiger partial charge in [0.15, 0.2) is 5.13 Å². The van der Waals surface area contributed by atoms with Gasteiger partial charge < -0.3 is 0 Å². The van der Waals surface area contributed by atoms with Crippen LogP contribution in [0.3, 0.4) is 0 Å². The van der Waals surface area contributed by atoms with Crippen molar-refractivity contribution in [3.05, 3.63) is 95.4 Å². The molecule has 0 spiro atoms. The quantitative estimate of drug-likeness (QED) is 0.391. The number of nitrogens with zero attached hydrogens (tertiary/aromatic N) is 1. The van der Waals surface area contributed by atoms with Crippen molar-refractivity contribution in [2.45, 2.75) is 26.2 Å². The van der Waals surface area contributed by atoms with Crippen LogP contribution in [0.4, 0.5) is 5.13 Å². The zero-order valence-corrected chi connectivity index (χ0v) is 18.2. The Morgan fingerprint density at radius 2 is 1.40 bits per heavy atom. The molecule has 0 radical (unpaired) electrons. The van der Waals surface area contributed by atoms with Gasteiger partial charge in [-0.25, -0.2) is 4.98 Å². The maximum Gasteiger partial charge on any atom is 0.257 e. The van der Waals surface area contributed by atoms with E-state index in [1.54, 1.807) is 0 Å². The Kier molecular flexibility index (Phi) is 5.51. The number of carbonyl (C=O) groups excluding carboxylic acids is 1. The van der Waals surface area contributed by atoms with Gasteiger partial charge in [-0.3, -0.25) is 10.1 Å². The van der Waals surface area contributed by atoms with Crippen LogP contribution in [0.5, 0.6) is 0 Å². The van der Waals surface area contributed by atoms with Crippen LogP contribution in [0, 0.1) is 0 Å². The molecule has 0 atom stereocenters. The minimum Gasteiger partial charge on any atom is -0.298 e. The summed E-state index contributed by atoms with van der Waals surface area (Å²) >= 11 is 1.43. The summed E-state index contributed by atoms with van der Waals surface area (Å²) in [6.07, 6.45) is 0. The summed E-state index contributed by atoms with van der Waals surface area (Å²) in [4.78, 5) is 17.2. The van der Waals surface area contributed by atoms with Crippen molar-refractivity contribution >= 4 is 22.4 Å². The molecule has 30 heavy (non-hydrogen) atoms. The first-order chi connectivity index (χ1) is 14.4. The van der Waals surface area contributed by atoms with Crippen molar-refractivity contribution in [3.8, 4) is 22.4 Å². The standard InChI is InChI=1S/C26H24N2OS/c1-26(2,3)22-15-13-21(14-16-22)24(29)28-25-27-23(17-30-25)20-11-9-19(10-12-20)18-7-5-4-6-8-18/h4-17H,1-3H3,(H,27,28,29). The topological polar surface area (TPSA) is 42.0 Å². The number of carbonyl (C=O) groups is 1. The summed E-state index contributed by atoms with van der Waals surface area (Å²) in [5, 5.41) is 5.48. The summed E-state index contributed by atoms with van der Waals surface area (Å²) in [6, 6.07) is 26.4. The summed E-state index contributed by atoms with van der Waals surface area (Å²) in [5.74, 6) is -0.143. The normalized spacial score (nSPS) is 11.3. The average Bonchev–Trinajstić information content (AvgIpc) is 3.22. The molecule has 4 rings (SSSR count). The lowest BCUT2D eigenvalue weighted by Crippen LogP contribution is -2.14. The maximum absolute atomic E-state index is 12.6. The second-order valence-electron chi connectivity index (χ2n) is 8.26. The molecule has 1 heterocycles. The van der Waals surface area contributed by atoms with Gasteiger partial charge in [0.1, 0.15) is 0 Å². The predicted octanol–water partition coefficient (Wildman–Crippen LogP) is 7.03. The van der Waals surface area contributed by atoms with E-state index < -0.39 is 0 Å². The largest absolute Gasteiger partial charge is 0.298 e. The van der Waals surface area contributed by atoms with Gasteiger partial charge in [0.25, 0.3) is 5.91 Å². The second kappa shape index (κ2) is 8.25. The molecular formula is C26H24N2OS. The summed E-state index contributed by atoms with van der Waals surface area (Å²) in [6.45, 7) is 6.47. The van der Waals surface area contributed by atoms with Crippen LogP contribution >= 0.6 is 11.3 Å². The van der Waals surface area contributed by atoms with Crippen LogP contribution in [-0.2, 0) is 5.41 Å². The third kappa shape index (κ3) is 4.50. The molecular weight excluding hydrogens is 388 g/mol. The molecule has 1 amide bonds. The first-order valence-corrected chi connectivity index (χ1v) is 10.8. The zero-order valence-electron chi connectivity index (χ0n) is 17.3. The summed E-state index contributed by atoms with van der Waals surface area (Å²) in [5.41, 5.74) is 6.14. The van der Waals surface area contributed by atoms with E-state index in [0.717, 1.165) is 11.3 Å². The fourth-order valence-electron chi connectivity index (χ4n) is 3.22. The Labute approximate surface area is 181 Å². The fraction of sp³-hybridized carbons (Fsp3) is 0.154. The van der Waals surface area contributed by atoms with E-state index in [9.17, 15) is 4.79 Å². The van der Waals surface area contributed by atoms with E-state index in [4.69, 9.17) is 0 Å². The fourth-order valence-corrected chi connectivity index (χ4v) is 3.93. The smallest absolute Gasteiger partial charge is 0.257 e. The van der Waals surface area contributed by atoms with Gasteiger partial charge in [0, 0.05) is 16.5 Å². The minimum atomic E-state index is -0.143. The lowest BCUT2D eigenvalue weighted by atomic mass is 9.87. The average molecular weight is 413 g/mol. The molecule has 0 bridgehead atoms. The van der Waals surface area contributed by atoms with E-state index in [0.29, 0.717) is 10.7 Å². The minimum absolute atomic E-state index is 0.0648. The van der Waals surface area contributed by atoms with E-state index >= 15 is 0 Å². The van der Waals surface area contributed by atoms with Gasteiger partial charge in [-0.2, -0.15) is 0 Å². The van der Waals surface area contributed by atoms with E-state index in [2.05, 4.69) is 67.5 Å². The van der Waals surface area contributed by atoms with Crippen molar-refractivity contribution in [2.75, 3.05) is 5.32 Å². The lowest BCUT2D eigenvalue weighted by molar-refractivity contribution is 0.102. The van der Waals surface area contributed by atoms with Crippen LogP contribution in [0.2, 0.25) is 0 Å². The van der Waals surface area contributed by atoms with Gasteiger partial charge in [-0.15, -0.1) is 11.3 Å². The third-order valence-electron chi connectivity index (χ3n) is 5.03. The molecule has 0 unspecified atom stereocenters. The third-order valence-corrected chi connectivity index (χ3v) is 5.78. The van der Waals surface area contributed by atoms with Crippen molar-refractivity contribution in [2.24, 2.45) is 0 Å². The molecule has 0 aliphatic rings. The van der Waals surface area contributed by atoms with Crippen molar-refractivity contribution in [3.63, 3.8) is 0 Å². The van der Waals surface area contributed by atoms with Crippen LogP contribution in [0.15, 0.2) is 84.2 Å². The van der Waals surface area contributed by atoms with Gasteiger partial charge in [0.05, 0.1) is 5.69 Å². The number of aromatic nitrogens is 1. The Hall–Kier alpha value is -3.24. The Bertz CT molecular complexity index is 1140. The second-order valence-corrected chi connectivity index (χ2v) is 9.12. The first-order valence-electron chi connectivity index (χ1n) is 9.93. The molecule has 1 N–H and O–H groups in total. The number of thiazole rings is 1. The molecule has 0 fully saturated rings. The molecule has 0 aliphatic heterocycles. The molecule has 1 aromatic heterocycles. The highest BCUT2D eigenvalue weighted by Crippen LogP contribution is 2.28. The van der Waals surface area contributed by atoms with Crippen molar-refractivity contribution in [1.82, 2.24) is 4.98 Å². The highest BCUT2D eigenvalue weighted by atomic mass is 32.1. The number of amides is 1. The Balaban J connectivity index is 1.46. The lowest BCUT2D eigenvalue weighted by Gasteiger charge is -2.18. The molecule has 0 saturated carbocycles. The number of hydrogen-bond acceptors (Lipinski definition) is 3. The predicted molar refractivity (Wildman–Crippen MR) is 126 cm³/mol. The highest BCUT2D eigenvalue weighted by molar-refractivity contribution is 7.14. The number of nitrogens with one attached hydrogen (secondary N) is 1. The molecule has 0 aliphatic carbocycles. The molecule has 0 saturated heterocycles. The van der Waals surface area contributed by atoms with E-state index in [1.165, 1.54) is 28.0 Å². The SMILES string of the molecule is CC(C)(C)c1ccc(C(=O)Nc2nc(-c3ccc(-c4ccccc4)cc3)cs2)cc1. The molecule has 3 nitrogen and oxygen atoms in total. The van der Waals surface area contributed by atoms with Crippen LogP contribution < -0.4 is 5.32 Å². The van der Waals surface area contributed by atoms with Crippen molar-refractivity contribution in [1.29, 1.82) is 0 Å². The van der Waals surface area contributed by atoms with E-state index in [1.807, 2.05) is 47.8 Å². The zero-order chi connectivity index (χ0) is 21.1. The van der Waals surface area contributed by atoms with Gasteiger partial charge in [0.2, 0.25) is 0 Å². The first kappa shape index (κ1) is 20.0. The Morgan fingerprint density at radius 1 is 0.800 bits per heavy atom. The van der Waals surface area contributed by atoms with E-state index in [-0.39, 0.29) is 11.3 Å². The van der Waals surface area contributed by atoms with Gasteiger partial charge in [-0.1, -0.05) is 87.5 Å². The van der Waals surface area contributed by atoms with Gasteiger partial charge >= 0.3 is 0 Å². The van der Waals surface area contributed by atoms with Gasteiger partial charge in [-0.05, 0) is 34.2 Å². The molecule has 4 heteroatoms. The van der Waals surface area contributed by atoms with Crippen LogP contribution in [-0.4, -0.2) is 10.9 Å². The highest BCUT2D eigenvalue weighted by Gasteiger charge is 2.15. The summed E-state index contributed by atoms with van der Waals surface area (Å²) < 4.78 is 0. The molecule has 3 aromatic carbocycles. The summed E-state index contributed by atoms with van der Waals surface area (Å²) in [7, 11) is 0.